The van der Waals surface area contributed by atoms with Gasteiger partial charge in [0.05, 0.1) is 5.92 Å². The molecule has 0 aromatic rings. The number of carboxylic acids is 1. The van der Waals surface area contributed by atoms with Gasteiger partial charge in [-0.1, -0.05) is 0 Å². The number of nitrogens with one attached hydrogen (secondary N) is 1. The van der Waals surface area contributed by atoms with Gasteiger partial charge in [0.15, 0.2) is 0 Å². The lowest BCUT2D eigenvalue weighted by atomic mass is 9.99. The summed E-state index contributed by atoms with van der Waals surface area (Å²) in [6.45, 7) is 1.45. The fourth-order valence-corrected chi connectivity index (χ4v) is 1.46. The van der Waals surface area contributed by atoms with Crippen molar-refractivity contribution in [1.29, 1.82) is 0 Å². The summed E-state index contributed by atoms with van der Waals surface area (Å²) in [6, 6.07) is 0. The zero-order valence-corrected chi connectivity index (χ0v) is 6.47. The van der Waals surface area contributed by atoms with E-state index < -0.39 is 5.97 Å². The minimum absolute atomic E-state index is 0.0266. The van der Waals surface area contributed by atoms with Crippen LogP contribution in [0.4, 0.5) is 0 Å². The smallest absolute Gasteiger partial charge is 0.308 e. The molecular formula is C6H11NO2S. The molecule has 0 saturated carbocycles. The number of aliphatic carboxylic acids is 1. The number of hydrogen-bond donors (Lipinski definition) is 3. The van der Waals surface area contributed by atoms with Crippen molar-refractivity contribution in [3.63, 3.8) is 0 Å². The van der Waals surface area contributed by atoms with E-state index in [1.54, 1.807) is 0 Å². The lowest BCUT2D eigenvalue weighted by Crippen LogP contribution is -2.41. The van der Waals surface area contributed by atoms with E-state index in [0.717, 1.165) is 13.0 Å². The van der Waals surface area contributed by atoms with Crippen molar-refractivity contribution in [2.75, 3.05) is 13.1 Å². The first kappa shape index (κ1) is 7.88. The zero-order valence-electron chi connectivity index (χ0n) is 5.58. The molecule has 0 aliphatic carbocycles. The fourth-order valence-electron chi connectivity index (χ4n) is 1.10. The lowest BCUT2D eigenvalue weighted by molar-refractivity contribution is -0.141. The van der Waals surface area contributed by atoms with Crippen LogP contribution in [0.1, 0.15) is 6.42 Å². The highest BCUT2D eigenvalue weighted by molar-refractivity contribution is 7.81. The van der Waals surface area contributed by atoms with Crippen molar-refractivity contribution in [3.8, 4) is 0 Å². The molecule has 2 N–H and O–H groups in total. The maximum absolute atomic E-state index is 10.5. The molecule has 0 radical (unpaired) electrons. The third-order valence-corrected chi connectivity index (χ3v) is 2.38. The summed E-state index contributed by atoms with van der Waals surface area (Å²) in [6.07, 6.45) is 0.847. The summed E-state index contributed by atoms with van der Waals surface area (Å²) in [4.78, 5) is 10.5. The Hall–Kier alpha value is -0.220. The highest BCUT2D eigenvalue weighted by Crippen LogP contribution is 2.16. The maximum atomic E-state index is 10.5. The van der Waals surface area contributed by atoms with Crippen molar-refractivity contribution in [3.05, 3.63) is 0 Å². The monoisotopic (exact) mass is 161 g/mol. The van der Waals surface area contributed by atoms with Crippen LogP contribution < -0.4 is 5.32 Å². The molecule has 1 fully saturated rings. The first-order chi connectivity index (χ1) is 4.72. The second kappa shape index (κ2) is 3.25. The van der Waals surface area contributed by atoms with E-state index in [9.17, 15) is 4.79 Å². The Morgan fingerprint density at radius 2 is 2.40 bits per heavy atom. The van der Waals surface area contributed by atoms with Crippen LogP contribution in [0.2, 0.25) is 0 Å². The first-order valence-electron chi connectivity index (χ1n) is 3.33. The van der Waals surface area contributed by atoms with E-state index in [1.807, 2.05) is 0 Å². The summed E-state index contributed by atoms with van der Waals surface area (Å²) in [5.41, 5.74) is 0. The van der Waals surface area contributed by atoms with Gasteiger partial charge >= 0.3 is 5.97 Å². The quantitative estimate of drug-likeness (QED) is 0.474. The normalized spacial score (nSPS) is 33.7. The molecule has 1 rings (SSSR count). The van der Waals surface area contributed by atoms with Crippen molar-refractivity contribution < 1.29 is 9.90 Å². The Bertz CT molecular complexity index is 140. The topological polar surface area (TPSA) is 49.3 Å². The molecule has 3 nitrogen and oxygen atoms in total. The SMILES string of the molecule is O=C(O)[C@@H]1CNCC[C@@H]1S. The number of thiol groups is 1. The van der Waals surface area contributed by atoms with E-state index >= 15 is 0 Å². The van der Waals surface area contributed by atoms with Crippen LogP contribution in [0.25, 0.3) is 0 Å². The van der Waals surface area contributed by atoms with E-state index in [1.165, 1.54) is 0 Å². The summed E-state index contributed by atoms with van der Waals surface area (Å²) >= 11 is 4.17. The van der Waals surface area contributed by atoms with E-state index in [4.69, 9.17) is 5.11 Å². The van der Waals surface area contributed by atoms with Crippen LogP contribution in [0.3, 0.4) is 0 Å². The molecule has 1 heterocycles. The van der Waals surface area contributed by atoms with E-state index in [0.29, 0.717) is 6.54 Å². The number of hydrogen-bond acceptors (Lipinski definition) is 3. The molecule has 0 aromatic carbocycles. The second-order valence-electron chi connectivity index (χ2n) is 2.50. The Kier molecular flexibility index (Phi) is 2.56. The third kappa shape index (κ3) is 1.64. The molecule has 0 amide bonds. The molecule has 10 heavy (non-hydrogen) atoms. The molecule has 1 aliphatic rings. The van der Waals surface area contributed by atoms with Crippen molar-refractivity contribution in [2.45, 2.75) is 11.7 Å². The standard InChI is InChI=1S/C6H11NO2S/c8-6(9)4-3-7-2-1-5(4)10/h4-5,7,10H,1-3H2,(H,8,9)/t4-,5+/m1/s1. The van der Waals surface area contributed by atoms with Gasteiger partial charge in [-0.3, -0.25) is 4.79 Å². The molecule has 2 atom stereocenters. The van der Waals surface area contributed by atoms with Crippen LogP contribution in [0.15, 0.2) is 0 Å². The number of carboxylic acid groups (broad SMARTS) is 1. The van der Waals surface area contributed by atoms with Gasteiger partial charge in [0.25, 0.3) is 0 Å². The Balaban J connectivity index is 2.47. The van der Waals surface area contributed by atoms with Gasteiger partial charge in [-0.05, 0) is 13.0 Å². The molecular weight excluding hydrogens is 150 g/mol. The Morgan fingerprint density at radius 1 is 1.70 bits per heavy atom. The van der Waals surface area contributed by atoms with Crippen LogP contribution in [0.5, 0.6) is 0 Å². The van der Waals surface area contributed by atoms with E-state index in [-0.39, 0.29) is 11.2 Å². The predicted molar refractivity (Wildman–Crippen MR) is 41.4 cm³/mol. The van der Waals surface area contributed by atoms with Gasteiger partial charge in [-0.25, -0.2) is 0 Å². The molecule has 4 heteroatoms. The molecule has 0 unspecified atom stereocenters. The number of piperidine rings is 1. The van der Waals surface area contributed by atoms with Gasteiger partial charge in [0, 0.05) is 11.8 Å². The number of carbonyl (C=O) groups is 1. The van der Waals surface area contributed by atoms with Crippen LogP contribution >= 0.6 is 12.6 Å². The highest BCUT2D eigenvalue weighted by atomic mass is 32.1. The average Bonchev–Trinajstić information content (AvgIpc) is 1.88. The molecule has 0 aromatic heterocycles. The first-order valence-corrected chi connectivity index (χ1v) is 3.85. The molecule has 0 spiro atoms. The van der Waals surface area contributed by atoms with Crippen LogP contribution in [-0.2, 0) is 4.79 Å². The Labute approximate surface area is 65.2 Å². The minimum atomic E-state index is -0.743. The second-order valence-corrected chi connectivity index (χ2v) is 3.17. The third-order valence-electron chi connectivity index (χ3n) is 1.76. The summed E-state index contributed by atoms with van der Waals surface area (Å²) in [5.74, 6) is -1.05. The molecule has 1 saturated heterocycles. The number of rotatable bonds is 1. The van der Waals surface area contributed by atoms with Gasteiger partial charge in [0.1, 0.15) is 0 Å². The maximum Gasteiger partial charge on any atom is 0.308 e. The fraction of sp³-hybridized carbons (Fsp3) is 0.833. The molecule has 58 valence electrons. The zero-order chi connectivity index (χ0) is 7.56. The lowest BCUT2D eigenvalue weighted by Gasteiger charge is -2.24. The van der Waals surface area contributed by atoms with Crippen molar-refractivity contribution >= 4 is 18.6 Å². The van der Waals surface area contributed by atoms with Gasteiger partial charge < -0.3 is 10.4 Å². The van der Waals surface area contributed by atoms with E-state index in [2.05, 4.69) is 17.9 Å². The predicted octanol–water partition coefficient (Wildman–Crippen LogP) is -0.0211. The van der Waals surface area contributed by atoms with Crippen LogP contribution in [0, 0.1) is 5.92 Å². The highest BCUT2D eigenvalue weighted by Gasteiger charge is 2.27. The Morgan fingerprint density at radius 3 is 2.80 bits per heavy atom. The summed E-state index contributed by atoms with van der Waals surface area (Å²) in [7, 11) is 0. The minimum Gasteiger partial charge on any atom is -0.481 e. The van der Waals surface area contributed by atoms with Gasteiger partial charge in [0.2, 0.25) is 0 Å². The van der Waals surface area contributed by atoms with Crippen molar-refractivity contribution in [1.82, 2.24) is 5.32 Å². The summed E-state index contributed by atoms with van der Waals surface area (Å²) in [5, 5.41) is 11.7. The van der Waals surface area contributed by atoms with Gasteiger partial charge in [-0.2, -0.15) is 12.6 Å². The van der Waals surface area contributed by atoms with Crippen molar-refractivity contribution in [2.24, 2.45) is 5.92 Å². The van der Waals surface area contributed by atoms with Gasteiger partial charge in [-0.15, -0.1) is 0 Å². The largest absolute Gasteiger partial charge is 0.481 e. The van der Waals surface area contributed by atoms with Crippen LogP contribution in [-0.4, -0.2) is 29.4 Å². The summed E-state index contributed by atoms with van der Waals surface area (Å²) < 4.78 is 0. The molecule has 1 aliphatic heterocycles. The molecule has 0 bridgehead atoms. The average molecular weight is 161 g/mol.